The maximum Gasteiger partial charge on any atom is 0.416 e. The molecule has 0 N–H and O–H groups in total. The predicted octanol–water partition coefficient (Wildman–Crippen LogP) is 3.65. The predicted molar refractivity (Wildman–Crippen MR) is 56.3 cm³/mol. The number of imidazole rings is 1. The van der Waals surface area contributed by atoms with Crippen LogP contribution in [0.2, 0.25) is 0 Å². The maximum absolute atomic E-state index is 12.3. The minimum atomic E-state index is -4.30. The molecule has 0 aliphatic carbocycles. The summed E-state index contributed by atoms with van der Waals surface area (Å²) < 4.78 is 39.1. The Morgan fingerprint density at radius 2 is 1.75 bits per heavy atom. The summed E-state index contributed by atoms with van der Waals surface area (Å²) in [5.41, 5.74) is -0.0372. The molecular weight excluding hydrogens is 285 g/mol. The highest BCUT2D eigenvalue weighted by molar-refractivity contribution is 9.10. The molecule has 0 aliphatic heterocycles. The van der Waals surface area contributed by atoms with Gasteiger partial charge in [-0.15, -0.1) is 0 Å². The first-order valence-electron chi connectivity index (χ1n) is 4.35. The average molecular weight is 291 g/mol. The van der Waals surface area contributed by atoms with Crippen LogP contribution in [-0.2, 0) is 6.18 Å². The quantitative estimate of drug-likeness (QED) is 0.784. The lowest BCUT2D eigenvalue weighted by Crippen LogP contribution is -2.04. The Hall–Kier alpha value is -1.30. The first-order chi connectivity index (χ1) is 7.48. The third-order valence-electron chi connectivity index (χ3n) is 2.07. The van der Waals surface area contributed by atoms with Crippen molar-refractivity contribution < 1.29 is 13.2 Å². The van der Waals surface area contributed by atoms with E-state index in [-0.39, 0.29) is 0 Å². The van der Waals surface area contributed by atoms with Crippen LogP contribution in [0.1, 0.15) is 5.56 Å². The summed E-state index contributed by atoms with van der Waals surface area (Å²) in [4.78, 5) is 3.92. The number of halogens is 4. The summed E-state index contributed by atoms with van der Waals surface area (Å²) in [6.07, 6.45) is -1.08. The van der Waals surface area contributed by atoms with Crippen molar-refractivity contribution in [3.63, 3.8) is 0 Å². The van der Waals surface area contributed by atoms with Gasteiger partial charge in [0.1, 0.15) is 0 Å². The van der Waals surface area contributed by atoms with Crippen LogP contribution in [0.15, 0.2) is 41.4 Å². The fourth-order valence-electron chi connectivity index (χ4n) is 1.29. The van der Waals surface area contributed by atoms with Crippen LogP contribution in [0.25, 0.3) is 5.69 Å². The van der Waals surface area contributed by atoms with Gasteiger partial charge in [-0.1, -0.05) is 0 Å². The van der Waals surface area contributed by atoms with Crippen molar-refractivity contribution in [1.29, 1.82) is 0 Å². The molecule has 1 heterocycles. The molecule has 0 amide bonds. The molecule has 84 valence electrons. The minimum Gasteiger partial charge on any atom is -0.294 e. The maximum atomic E-state index is 12.3. The molecule has 0 atom stereocenters. The van der Waals surface area contributed by atoms with E-state index < -0.39 is 11.7 Å². The third kappa shape index (κ3) is 2.11. The van der Waals surface area contributed by atoms with E-state index in [2.05, 4.69) is 20.9 Å². The summed E-state index contributed by atoms with van der Waals surface area (Å²) in [7, 11) is 0. The summed E-state index contributed by atoms with van der Waals surface area (Å²) in [6, 6.07) is 4.88. The molecule has 0 spiro atoms. The largest absolute Gasteiger partial charge is 0.416 e. The lowest BCUT2D eigenvalue weighted by molar-refractivity contribution is -0.137. The van der Waals surface area contributed by atoms with Crippen LogP contribution < -0.4 is 0 Å². The van der Waals surface area contributed by atoms with Gasteiger partial charge in [-0.2, -0.15) is 13.2 Å². The average Bonchev–Trinajstić information content (AvgIpc) is 2.63. The number of alkyl halides is 3. The van der Waals surface area contributed by atoms with Crippen molar-refractivity contribution in [3.8, 4) is 5.69 Å². The van der Waals surface area contributed by atoms with E-state index in [9.17, 15) is 13.2 Å². The Labute approximate surface area is 97.9 Å². The molecule has 1 aromatic carbocycles. The van der Waals surface area contributed by atoms with E-state index in [1.54, 1.807) is 17.0 Å². The Morgan fingerprint density at radius 3 is 2.19 bits per heavy atom. The van der Waals surface area contributed by atoms with E-state index in [0.717, 1.165) is 12.1 Å². The molecule has 0 unspecified atom stereocenters. The molecule has 0 radical (unpaired) electrons. The monoisotopic (exact) mass is 290 g/mol. The second-order valence-electron chi connectivity index (χ2n) is 3.11. The van der Waals surface area contributed by atoms with Gasteiger partial charge < -0.3 is 0 Å². The number of nitrogens with zero attached hydrogens (tertiary/aromatic N) is 2. The van der Waals surface area contributed by atoms with Crippen molar-refractivity contribution in [2.45, 2.75) is 6.18 Å². The highest BCUT2D eigenvalue weighted by Gasteiger charge is 2.29. The van der Waals surface area contributed by atoms with Crippen molar-refractivity contribution in [2.75, 3.05) is 0 Å². The topological polar surface area (TPSA) is 17.8 Å². The van der Waals surface area contributed by atoms with Crippen molar-refractivity contribution in [2.24, 2.45) is 0 Å². The molecule has 0 saturated carbocycles. The first-order valence-corrected chi connectivity index (χ1v) is 5.14. The molecule has 0 fully saturated rings. The zero-order chi connectivity index (χ0) is 11.8. The summed E-state index contributed by atoms with van der Waals surface area (Å²) in [5.74, 6) is 0. The van der Waals surface area contributed by atoms with Gasteiger partial charge in [0.25, 0.3) is 0 Å². The Balaban J connectivity index is 2.37. The van der Waals surface area contributed by atoms with Crippen LogP contribution in [0.3, 0.4) is 0 Å². The second kappa shape index (κ2) is 3.93. The highest BCUT2D eigenvalue weighted by Crippen LogP contribution is 2.29. The lowest BCUT2D eigenvalue weighted by Gasteiger charge is -2.08. The molecule has 0 saturated heterocycles. The van der Waals surface area contributed by atoms with E-state index in [0.29, 0.717) is 10.4 Å². The summed E-state index contributed by atoms with van der Waals surface area (Å²) >= 11 is 3.19. The van der Waals surface area contributed by atoms with Crippen molar-refractivity contribution in [3.05, 3.63) is 47.0 Å². The molecule has 2 aromatic rings. The van der Waals surface area contributed by atoms with Gasteiger partial charge in [-0.25, -0.2) is 4.98 Å². The minimum absolute atomic E-state index is 0.548. The zero-order valence-corrected chi connectivity index (χ0v) is 9.46. The number of benzene rings is 1. The van der Waals surface area contributed by atoms with E-state index in [4.69, 9.17) is 0 Å². The van der Waals surface area contributed by atoms with Crippen molar-refractivity contribution >= 4 is 15.9 Å². The molecule has 2 rings (SSSR count). The SMILES string of the molecule is FC(F)(F)c1ccc(-n2ccnc2Br)cc1. The van der Waals surface area contributed by atoms with Crippen LogP contribution in [0.4, 0.5) is 13.2 Å². The van der Waals surface area contributed by atoms with E-state index >= 15 is 0 Å². The van der Waals surface area contributed by atoms with Crippen molar-refractivity contribution in [1.82, 2.24) is 9.55 Å². The number of hydrogen-bond donors (Lipinski definition) is 0. The normalized spacial score (nSPS) is 11.8. The standard InChI is InChI=1S/C10H6BrF3N2/c11-9-15-5-6-16(9)8-3-1-7(2-4-8)10(12,13)14/h1-6H. The summed E-state index contributed by atoms with van der Waals surface area (Å²) in [5, 5.41) is 0. The van der Waals surface area contributed by atoms with Crippen LogP contribution in [0, 0.1) is 0 Å². The zero-order valence-electron chi connectivity index (χ0n) is 7.87. The molecular formula is C10H6BrF3N2. The second-order valence-corrected chi connectivity index (χ2v) is 3.82. The van der Waals surface area contributed by atoms with Crippen LogP contribution in [-0.4, -0.2) is 9.55 Å². The molecule has 2 nitrogen and oxygen atoms in total. The van der Waals surface area contributed by atoms with Gasteiger partial charge in [0, 0.05) is 18.1 Å². The third-order valence-corrected chi connectivity index (χ3v) is 2.66. The van der Waals surface area contributed by atoms with Gasteiger partial charge in [-0.3, -0.25) is 4.57 Å². The van der Waals surface area contributed by atoms with Crippen LogP contribution >= 0.6 is 15.9 Å². The molecule has 0 aliphatic rings. The fourth-order valence-corrected chi connectivity index (χ4v) is 1.73. The first kappa shape index (κ1) is 11.2. The molecule has 6 heteroatoms. The van der Waals surface area contributed by atoms with Gasteiger partial charge in [0.2, 0.25) is 0 Å². The van der Waals surface area contributed by atoms with E-state index in [1.165, 1.54) is 12.1 Å². The Morgan fingerprint density at radius 1 is 1.12 bits per heavy atom. The highest BCUT2D eigenvalue weighted by atomic mass is 79.9. The molecule has 16 heavy (non-hydrogen) atoms. The van der Waals surface area contributed by atoms with Gasteiger partial charge in [0.15, 0.2) is 4.73 Å². The molecule has 1 aromatic heterocycles. The number of hydrogen-bond acceptors (Lipinski definition) is 1. The van der Waals surface area contributed by atoms with Gasteiger partial charge in [-0.05, 0) is 40.2 Å². The molecule has 0 bridgehead atoms. The number of aromatic nitrogens is 2. The fraction of sp³-hybridized carbons (Fsp3) is 0.100. The van der Waals surface area contributed by atoms with Gasteiger partial charge in [0.05, 0.1) is 5.56 Å². The summed E-state index contributed by atoms with van der Waals surface area (Å²) in [6.45, 7) is 0. The van der Waals surface area contributed by atoms with Crippen LogP contribution in [0.5, 0.6) is 0 Å². The lowest BCUT2D eigenvalue weighted by atomic mass is 10.2. The number of rotatable bonds is 1. The Bertz CT molecular complexity index is 488. The smallest absolute Gasteiger partial charge is 0.294 e. The Kier molecular flexibility index (Phi) is 2.75. The van der Waals surface area contributed by atoms with Gasteiger partial charge >= 0.3 is 6.18 Å². The van der Waals surface area contributed by atoms with E-state index in [1.807, 2.05) is 0 Å².